The highest BCUT2D eigenvalue weighted by Gasteiger charge is 2.15. The average Bonchev–Trinajstić information content (AvgIpc) is 2.17. The second-order valence-corrected chi connectivity index (χ2v) is 2.79. The molecule has 0 aliphatic carbocycles. The van der Waals surface area contributed by atoms with Gasteiger partial charge in [-0.15, -0.1) is 12.4 Å². The van der Waals surface area contributed by atoms with Crippen LogP contribution >= 0.6 is 12.4 Å². The molecule has 1 aromatic carbocycles. The fraction of sp³-hybridized carbons (Fsp3) is 0.100. The summed E-state index contributed by atoms with van der Waals surface area (Å²) in [5, 5.41) is 8.84. The molecule has 3 nitrogen and oxygen atoms in total. The van der Waals surface area contributed by atoms with E-state index in [0.717, 1.165) is 12.0 Å². The number of halogens is 1. The number of allylic oxidation sites excluding steroid dienone is 1. The van der Waals surface area contributed by atoms with E-state index in [1.165, 1.54) is 6.26 Å². The van der Waals surface area contributed by atoms with E-state index < -0.39 is 5.97 Å². The van der Waals surface area contributed by atoms with Crippen LogP contribution in [0.2, 0.25) is 0 Å². The molecule has 0 radical (unpaired) electrons. The van der Waals surface area contributed by atoms with Crippen LogP contribution in [0.4, 0.5) is 0 Å². The minimum absolute atomic E-state index is 0. The Labute approximate surface area is 87.4 Å². The van der Waals surface area contributed by atoms with Gasteiger partial charge in [-0.05, 0) is 24.1 Å². The zero-order valence-electron chi connectivity index (χ0n) is 7.27. The third-order valence-corrected chi connectivity index (χ3v) is 1.95. The van der Waals surface area contributed by atoms with Crippen LogP contribution < -0.4 is 4.74 Å². The fourth-order valence-electron chi connectivity index (χ4n) is 1.34. The van der Waals surface area contributed by atoms with Crippen LogP contribution in [0.15, 0.2) is 30.5 Å². The molecule has 2 rings (SSSR count). The number of carbonyl (C=O) groups is 1. The number of benzene rings is 1. The lowest BCUT2D eigenvalue weighted by atomic mass is 10.0. The first-order chi connectivity index (χ1) is 6.29. The number of fused-ring (bicyclic) bond motifs is 1. The van der Waals surface area contributed by atoms with Crippen molar-refractivity contribution >= 4 is 18.4 Å². The molecule has 74 valence electrons. The van der Waals surface area contributed by atoms with Gasteiger partial charge in [-0.2, -0.15) is 0 Å². The van der Waals surface area contributed by atoms with Gasteiger partial charge in [0.2, 0.25) is 0 Å². The van der Waals surface area contributed by atoms with Crippen molar-refractivity contribution in [3.8, 4) is 5.75 Å². The van der Waals surface area contributed by atoms with Crippen LogP contribution in [-0.4, -0.2) is 11.1 Å². The van der Waals surface area contributed by atoms with E-state index in [0.29, 0.717) is 5.75 Å². The molecule has 1 aliphatic heterocycles. The number of para-hydroxylation sites is 1. The van der Waals surface area contributed by atoms with Crippen LogP contribution in [0, 0.1) is 0 Å². The first-order valence-corrected chi connectivity index (χ1v) is 3.96. The molecule has 0 saturated heterocycles. The third kappa shape index (κ3) is 1.72. The van der Waals surface area contributed by atoms with Gasteiger partial charge in [0.05, 0.1) is 6.26 Å². The molecule has 1 N–H and O–H groups in total. The molecular weight excluding hydrogens is 204 g/mol. The third-order valence-electron chi connectivity index (χ3n) is 1.95. The zero-order chi connectivity index (χ0) is 9.26. The largest absolute Gasteiger partial charge is 0.478 e. The minimum atomic E-state index is -0.952. The molecule has 4 heteroatoms. The SMILES string of the molecule is Cl.O=C(O)c1cccc2c1OC=CC2. The highest BCUT2D eigenvalue weighted by atomic mass is 35.5. The smallest absolute Gasteiger partial charge is 0.339 e. The predicted octanol–water partition coefficient (Wildman–Crippen LogP) is 2.26. The molecule has 0 unspecified atom stereocenters. The summed E-state index contributed by atoms with van der Waals surface area (Å²) >= 11 is 0. The number of carboxylic acids is 1. The molecule has 0 spiro atoms. The highest BCUT2D eigenvalue weighted by molar-refractivity contribution is 5.91. The lowest BCUT2D eigenvalue weighted by Crippen LogP contribution is -2.04. The van der Waals surface area contributed by atoms with Gasteiger partial charge in [-0.25, -0.2) is 4.79 Å². The van der Waals surface area contributed by atoms with Crippen LogP contribution in [0.25, 0.3) is 0 Å². The number of ether oxygens (including phenoxy) is 1. The zero-order valence-corrected chi connectivity index (χ0v) is 8.08. The Morgan fingerprint density at radius 3 is 2.93 bits per heavy atom. The molecule has 0 fully saturated rings. The van der Waals surface area contributed by atoms with Crippen molar-refractivity contribution in [2.24, 2.45) is 0 Å². The van der Waals surface area contributed by atoms with Gasteiger partial charge in [0.15, 0.2) is 0 Å². The maximum Gasteiger partial charge on any atom is 0.339 e. The highest BCUT2D eigenvalue weighted by Crippen LogP contribution is 2.27. The summed E-state index contributed by atoms with van der Waals surface area (Å²) in [6.07, 6.45) is 4.11. The van der Waals surface area contributed by atoms with Gasteiger partial charge < -0.3 is 9.84 Å². The Balaban J connectivity index is 0.000000980. The quantitative estimate of drug-likeness (QED) is 0.777. The van der Waals surface area contributed by atoms with Gasteiger partial charge in [-0.1, -0.05) is 12.1 Å². The predicted molar refractivity (Wildman–Crippen MR) is 54.1 cm³/mol. The van der Waals surface area contributed by atoms with Crippen LogP contribution in [-0.2, 0) is 6.42 Å². The van der Waals surface area contributed by atoms with Gasteiger partial charge in [0.25, 0.3) is 0 Å². The topological polar surface area (TPSA) is 46.5 Å². The van der Waals surface area contributed by atoms with E-state index in [2.05, 4.69) is 0 Å². The molecule has 0 saturated carbocycles. The molecule has 1 aliphatic rings. The lowest BCUT2D eigenvalue weighted by Gasteiger charge is -2.13. The second-order valence-electron chi connectivity index (χ2n) is 2.79. The molecule has 1 heterocycles. The van der Waals surface area contributed by atoms with E-state index in [4.69, 9.17) is 9.84 Å². The van der Waals surface area contributed by atoms with Crippen molar-refractivity contribution in [2.45, 2.75) is 6.42 Å². The Morgan fingerprint density at radius 2 is 2.21 bits per heavy atom. The molecule has 0 atom stereocenters. The van der Waals surface area contributed by atoms with Crippen molar-refractivity contribution in [1.82, 2.24) is 0 Å². The van der Waals surface area contributed by atoms with Gasteiger partial charge >= 0.3 is 5.97 Å². The van der Waals surface area contributed by atoms with E-state index in [-0.39, 0.29) is 18.0 Å². The summed E-state index contributed by atoms with van der Waals surface area (Å²) in [7, 11) is 0. The van der Waals surface area contributed by atoms with E-state index in [9.17, 15) is 4.79 Å². The van der Waals surface area contributed by atoms with Crippen molar-refractivity contribution in [3.63, 3.8) is 0 Å². The fourth-order valence-corrected chi connectivity index (χ4v) is 1.34. The van der Waals surface area contributed by atoms with Gasteiger partial charge in [-0.3, -0.25) is 0 Å². The maximum absolute atomic E-state index is 10.8. The minimum Gasteiger partial charge on any atom is -0.478 e. The first-order valence-electron chi connectivity index (χ1n) is 3.96. The summed E-state index contributed by atoms with van der Waals surface area (Å²) in [4.78, 5) is 10.8. The van der Waals surface area contributed by atoms with E-state index in [1.54, 1.807) is 12.1 Å². The Kier molecular flexibility index (Phi) is 3.14. The van der Waals surface area contributed by atoms with E-state index >= 15 is 0 Å². The first kappa shape index (κ1) is 10.6. The number of rotatable bonds is 1. The van der Waals surface area contributed by atoms with Crippen molar-refractivity contribution in [2.75, 3.05) is 0 Å². The standard InChI is InChI=1S/C10H8O3.ClH/c11-10(12)8-5-1-3-7-4-2-6-13-9(7)8;/h1-3,5-6H,4H2,(H,11,12);1H. The Morgan fingerprint density at radius 1 is 1.43 bits per heavy atom. The molecule has 0 amide bonds. The summed E-state index contributed by atoms with van der Waals surface area (Å²) in [5.41, 5.74) is 1.14. The summed E-state index contributed by atoms with van der Waals surface area (Å²) < 4.78 is 5.15. The summed E-state index contributed by atoms with van der Waals surface area (Å²) in [6, 6.07) is 5.14. The van der Waals surface area contributed by atoms with Crippen molar-refractivity contribution in [3.05, 3.63) is 41.7 Å². The van der Waals surface area contributed by atoms with Crippen LogP contribution in [0.1, 0.15) is 15.9 Å². The van der Waals surface area contributed by atoms with Crippen molar-refractivity contribution in [1.29, 1.82) is 0 Å². The number of hydrogen-bond donors (Lipinski definition) is 1. The molecule has 14 heavy (non-hydrogen) atoms. The van der Waals surface area contributed by atoms with Gasteiger partial charge in [0.1, 0.15) is 11.3 Å². The number of hydrogen-bond acceptors (Lipinski definition) is 2. The Bertz CT molecular complexity index is 385. The summed E-state index contributed by atoms with van der Waals surface area (Å²) in [5.74, 6) is -0.482. The lowest BCUT2D eigenvalue weighted by molar-refractivity contribution is 0.0693. The van der Waals surface area contributed by atoms with E-state index in [1.807, 2.05) is 12.1 Å². The average molecular weight is 213 g/mol. The maximum atomic E-state index is 10.8. The Hall–Kier alpha value is -1.48. The number of aromatic carboxylic acids is 1. The van der Waals surface area contributed by atoms with Gasteiger partial charge in [0, 0.05) is 0 Å². The molecule has 1 aromatic rings. The van der Waals surface area contributed by atoms with Crippen molar-refractivity contribution < 1.29 is 14.6 Å². The van der Waals surface area contributed by atoms with Crippen LogP contribution in [0.5, 0.6) is 5.75 Å². The molecular formula is C10H9ClO3. The monoisotopic (exact) mass is 212 g/mol. The normalized spacial score (nSPS) is 12.3. The number of carboxylic acid groups (broad SMARTS) is 1. The summed E-state index contributed by atoms with van der Waals surface area (Å²) in [6.45, 7) is 0. The van der Waals surface area contributed by atoms with Crippen LogP contribution in [0.3, 0.4) is 0 Å². The molecule has 0 bridgehead atoms. The molecule has 0 aromatic heterocycles. The second kappa shape index (κ2) is 4.15.